The number of nitrogens with two attached hydrogens (primary N) is 1. The van der Waals surface area contributed by atoms with Crippen molar-refractivity contribution in [2.45, 2.75) is 19.4 Å². The van der Waals surface area contributed by atoms with Gasteiger partial charge in [-0.3, -0.25) is 14.3 Å². The topological polar surface area (TPSA) is 132 Å². The van der Waals surface area contributed by atoms with E-state index in [-0.39, 0.29) is 29.2 Å². The number of nitrogen functional groups attached to an aromatic ring is 1. The number of carbonyl (C=O) groups excluding carboxylic acids is 2. The van der Waals surface area contributed by atoms with Crippen LogP contribution in [0.3, 0.4) is 0 Å². The highest BCUT2D eigenvalue weighted by atomic mass is 16.5. The van der Waals surface area contributed by atoms with Gasteiger partial charge in [-0.1, -0.05) is 35.5 Å². The molecule has 0 unspecified atom stereocenters. The monoisotopic (exact) mass is 471 g/mol. The van der Waals surface area contributed by atoms with Gasteiger partial charge in [-0.15, -0.1) is 0 Å². The van der Waals surface area contributed by atoms with Gasteiger partial charge in [0.2, 0.25) is 0 Å². The summed E-state index contributed by atoms with van der Waals surface area (Å²) in [6, 6.07) is 10.9. The van der Waals surface area contributed by atoms with Gasteiger partial charge in [0, 0.05) is 55.3 Å². The summed E-state index contributed by atoms with van der Waals surface area (Å²) in [6.45, 7) is 2.61. The molecule has 10 heteroatoms. The second-order valence-corrected chi connectivity index (χ2v) is 8.60. The molecule has 1 aromatic carbocycles. The van der Waals surface area contributed by atoms with Crippen molar-refractivity contribution in [1.82, 2.24) is 30.1 Å². The Balaban J connectivity index is 1.29. The van der Waals surface area contributed by atoms with Gasteiger partial charge >= 0.3 is 0 Å². The quantitative estimate of drug-likeness (QED) is 0.457. The summed E-state index contributed by atoms with van der Waals surface area (Å²) in [6.07, 6.45) is 5.78. The molecule has 0 radical (unpaired) electrons. The highest BCUT2D eigenvalue weighted by molar-refractivity contribution is 6.01. The molecule has 1 aliphatic rings. The second-order valence-electron chi connectivity index (χ2n) is 8.60. The number of carbonyl (C=O) groups is 2. The molecule has 0 spiro atoms. The van der Waals surface area contributed by atoms with E-state index in [1.165, 1.54) is 0 Å². The number of nitrogens with one attached hydrogen (secondary N) is 1. The summed E-state index contributed by atoms with van der Waals surface area (Å²) >= 11 is 0. The zero-order valence-electron chi connectivity index (χ0n) is 19.4. The maximum absolute atomic E-state index is 13.4. The summed E-state index contributed by atoms with van der Waals surface area (Å²) in [5.74, 6) is 0.117. The Morgan fingerprint density at radius 2 is 1.94 bits per heavy atom. The first-order chi connectivity index (χ1) is 16.9. The van der Waals surface area contributed by atoms with Crippen molar-refractivity contribution < 1.29 is 14.1 Å². The molecule has 1 atom stereocenters. The van der Waals surface area contributed by atoms with Crippen LogP contribution in [0.15, 0.2) is 59.5 Å². The Bertz CT molecular complexity index is 1390. The Morgan fingerprint density at radius 3 is 2.69 bits per heavy atom. The second kappa shape index (κ2) is 9.05. The zero-order chi connectivity index (χ0) is 24.5. The van der Waals surface area contributed by atoms with Crippen molar-refractivity contribution in [1.29, 1.82) is 0 Å². The number of nitrogens with zero attached hydrogens (tertiary/aromatic N) is 5. The van der Waals surface area contributed by atoms with Crippen LogP contribution in [0.1, 0.15) is 32.9 Å². The molecule has 1 aliphatic heterocycles. The average Bonchev–Trinajstić information content (AvgIpc) is 3.60. The van der Waals surface area contributed by atoms with Crippen molar-refractivity contribution in [2.75, 3.05) is 18.8 Å². The van der Waals surface area contributed by atoms with Crippen LogP contribution in [0.25, 0.3) is 22.4 Å². The van der Waals surface area contributed by atoms with Crippen LogP contribution in [-0.4, -0.2) is 55.8 Å². The van der Waals surface area contributed by atoms with Crippen LogP contribution in [0.4, 0.5) is 5.82 Å². The molecule has 4 heterocycles. The minimum absolute atomic E-state index is 0.147. The lowest BCUT2D eigenvalue weighted by Gasteiger charge is -2.17. The van der Waals surface area contributed by atoms with E-state index in [1.54, 1.807) is 35.0 Å². The fourth-order valence-electron chi connectivity index (χ4n) is 4.29. The predicted molar refractivity (Wildman–Crippen MR) is 129 cm³/mol. The number of benzene rings is 1. The molecule has 178 valence electrons. The summed E-state index contributed by atoms with van der Waals surface area (Å²) in [7, 11) is 1.82. The smallest absolute Gasteiger partial charge is 0.259 e. The van der Waals surface area contributed by atoms with Crippen LogP contribution < -0.4 is 11.1 Å². The van der Waals surface area contributed by atoms with Gasteiger partial charge in [-0.25, -0.2) is 4.98 Å². The molecular formula is C25H25N7O3. The van der Waals surface area contributed by atoms with Gasteiger partial charge in [0.25, 0.3) is 11.8 Å². The van der Waals surface area contributed by atoms with Crippen LogP contribution in [0.5, 0.6) is 0 Å². The molecule has 1 fully saturated rings. The Hall–Kier alpha value is -4.47. The number of aromatic nitrogens is 4. The van der Waals surface area contributed by atoms with Gasteiger partial charge in [0.1, 0.15) is 22.8 Å². The van der Waals surface area contributed by atoms with Gasteiger partial charge in [0.05, 0.1) is 11.8 Å². The normalized spacial score (nSPS) is 15.4. The number of hydrogen-bond acceptors (Lipinski definition) is 7. The lowest BCUT2D eigenvalue weighted by atomic mass is 10.1. The number of rotatable bonds is 5. The first-order valence-electron chi connectivity index (χ1n) is 11.3. The molecule has 35 heavy (non-hydrogen) atoms. The number of pyridine rings is 1. The van der Waals surface area contributed by atoms with Gasteiger partial charge in [-0.2, -0.15) is 5.10 Å². The summed E-state index contributed by atoms with van der Waals surface area (Å²) in [4.78, 5) is 32.3. The lowest BCUT2D eigenvalue weighted by molar-refractivity contribution is 0.0782. The van der Waals surface area contributed by atoms with Gasteiger partial charge < -0.3 is 20.5 Å². The molecule has 3 aromatic heterocycles. The Kier molecular flexibility index (Phi) is 5.77. The number of anilines is 1. The van der Waals surface area contributed by atoms with Crippen molar-refractivity contribution in [3.05, 3.63) is 71.9 Å². The Morgan fingerprint density at radius 1 is 1.14 bits per heavy atom. The van der Waals surface area contributed by atoms with Crippen molar-refractivity contribution in [3.63, 3.8) is 0 Å². The first kappa shape index (κ1) is 22.3. The van der Waals surface area contributed by atoms with Crippen LogP contribution in [-0.2, 0) is 7.05 Å². The van der Waals surface area contributed by atoms with Gasteiger partial charge in [-0.05, 0) is 19.4 Å². The van der Waals surface area contributed by atoms with E-state index < -0.39 is 0 Å². The van der Waals surface area contributed by atoms with E-state index in [9.17, 15) is 9.59 Å². The van der Waals surface area contributed by atoms with E-state index >= 15 is 0 Å². The largest absolute Gasteiger partial charge is 0.383 e. The van der Waals surface area contributed by atoms with Crippen LogP contribution in [0, 0.1) is 6.92 Å². The predicted octanol–water partition coefficient (Wildman–Crippen LogP) is 2.67. The summed E-state index contributed by atoms with van der Waals surface area (Å²) in [5.41, 5.74) is 9.65. The third-order valence-corrected chi connectivity index (χ3v) is 6.14. The standard InChI is InChI=1S/C25H25N7O3/c1-15-21(22(30-35-15)16-6-4-3-5-7-16)25(34)32-9-8-19(14-32)29-24(33)20-10-17(11-27-23(20)26)18-12-28-31(2)13-18/h3-7,10-13,19H,8-9,14H2,1-2H3,(H2,26,27)(H,29,33)/t19-/m1/s1. The lowest BCUT2D eigenvalue weighted by Crippen LogP contribution is -2.39. The van der Waals surface area contributed by atoms with E-state index in [4.69, 9.17) is 10.3 Å². The van der Waals surface area contributed by atoms with E-state index in [0.29, 0.717) is 36.5 Å². The minimum Gasteiger partial charge on any atom is -0.383 e. The molecule has 0 bridgehead atoms. The van der Waals surface area contributed by atoms with Crippen molar-refractivity contribution in [3.8, 4) is 22.4 Å². The molecule has 10 nitrogen and oxygen atoms in total. The minimum atomic E-state index is -0.328. The third-order valence-electron chi connectivity index (χ3n) is 6.14. The molecular weight excluding hydrogens is 446 g/mol. The highest BCUT2D eigenvalue weighted by Gasteiger charge is 2.32. The molecule has 3 N–H and O–H groups in total. The SMILES string of the molecule is Cc1onc(-c2ccccc2)c1C(=O)N1CC[C@@H](NC(=O)c2cc(-c3cnn(C)c3)cnc2N)C1. The molecule has 4 aromatic rings. The molecule has 0 saturated carbocycles. The molecule has 5 rings (SSSR count). The van der Waals surface area contributed by atoms with E-state index in [0.717, 1.165) is 16.7 Å². The maximum atomic E-state index is 13.4. The average molecular weight is 472 g/mol. The van der Waals surface area contributed by atoms with Crippen molar-refractivity contribution >= 4 is 17.6 Å². The van der Waals surface area contributed by atoms with Gasteiger partial charge in [0.15, 0.2) is 0 Å². The number of hydrogen-bond donors (Lipinski definition) is 2. The third kappa shape index (κ3) is 4.37. The first-order valence-corrected chi connectivity index (χ1v) is 11.3. The number of likely N-dealkylation sites (tertiary alicyclic amines) is 1. The summed E-state index contributed by atoms with van der Waals surface area (Å²) < 4.78 is 7.02. The molecule has 0 aliphatic carbocycles. The van der Waals surface area contributed by atoms with E-state index in [2.05, 4.69) is 20.6 Å². The molecule has 1 saturated heterocycles. The van der Waals surface area contributed by atoms with E-state index in [1.807, 2.05) is 43.6 Å². The van der Waals surface area contributed by atoms with Crippen molar-refractivity contribution in [2.24, 2.45) is 7.05 Å². The number of aryl methyl sites for hydroxylation is 2. The zero-order valence-corrected chi connectivity index (χ0v) is 19.4. The fraction of sp³-hybridized carbons (Fsp3) is 0.240. The maximum Gasteiger partial charge on any atom is 0.259 e. The summed E-state index contributed by atoms with van der Waals surface area (Å²) in [5, 5.41) is 11.3. The van der Waals surface area contributed by atoms with Crippen LogP contribution in [0.2, 0.25) is 0 Å². The molecule has 2 amide bonds. The highest BCUT2D eigenvalue weighted by Crippen LogP contribution is 2.28. The number of amides is 2. The van der Waals surface area contributed by atoms with Crippen LogP contribution >= 0.6 is 0 Å². The fourth-order valence-corrected chi connectivity index (χ4v) is 4.29. The Labute approximate surface area is 201 Å².